The molecule has 0 unspecified atom stereocenters. The summed E-state index contributed by atoms with van der Waals surface area (Å²) >= 11 is 5.24. The molecule has 0 bridgehead atoms. The van der Waals surface area contributed by atoms with Crippen LogP contribution in [0.4, 0.5) is 4.79 Å². The lowest BCUT2D eigenvalue weighted by Crippen LogP contribution is -2.46. The van der Waals surface area contributed by atoms with E-state index in [1.807, 2.05) is 0 Å². The van der Waals surface area contributed by atoms with E-state index < -0.39 is 17.6 Å². The molecule has 0 aromatic carbocycles. The molecule has 0 aromatic rings. The molecule has 0 aliphatic rings. The molecule has 0 saturated heterocycles. The van der Waals surface area contributed by atoms with Gasteiger partial charge < -0.3 is 4.74 Å². The fraction of sp³-hybridized carbons (Fsp3) is 0.750. The molecule has 0 rings (SSSR count). The summed E-state index contributed by atoms with van der Waals surface area (Å²) in [7, 11) is 1.39. The zero-order valence-electron chi connectivity index (χ0n) is 8.76. The van der Waals surface area contributed by atoms with Gasteiger partial charge in [0.2, 0.25) is 0 Å². The number of halogens is 1. The molecule has 0 aliphatic carbocycles. The summed E-state index contributed by atoms with van der Waals surface area (Å²) in [5, 5.41) is 0.954. The second kappa shape index (κ2) is 5.05. The molecule has 5 nitrogen and oxygen atoms in total. The molecule has 0 atom stereocenters. The summed E-state index contributed by atoms with van der Waals surface area (Å²) < 4.78 is 4.97. The van der Waals surface area contributed by atoms with Gasteiger partial charge in [-0.05, 0) is 20.8 Å². The second-order valence-electron chi connectivity index (χ2n) is 3.71. The monoisotopic (exact) mass is 222 g/mol. The first-order valence-electron chi connectivity index (χ1n) is 4.08. The Labute approximate surface area is 88.3 Å². The minimum atomic E-state index is -0.629. The quantitative estimate of drug-likeness (QED) is 0.534. The minimum absolute atomic E-state index is 0.201. The van der Waals surface area contributed by atoms with Crippen LogP contribution in [0.15, 0.2) is 0 Å². The van der Waals surface area contributed by atoms with Gasteiger partial charge in [-0.2, -0.15) is 0 Å². The van der Waals surface area contributed by atoms with Gasteiger partial charge >= 0.3 is 6.09 Å². The first-order chi connectivity index (χ1) is 6.26. The summed E-state index contributed by atoms with van der Waals surface area (Å²) in [5.41, 5.74) is 1.65. The van der Waals surface area contributed by atoms with Gasteiger partial charge in [0, 0.05) is 7.05 Å². The van der Waals surface area contributed by atoms with Gasteiger partial charge in [0.05, 0.1) is 0 Å². The Morgan fingerprint density at radius 2 is 1.93 bits per heavy atom. The highest BCUT2D eigenvalue weighted by molar-refractivity contribution is 6.27. The molecule has 0 aliphatic heterocycles. The number of alkyl halides is 1. The third-order valence-corrected chi connectivity index (χ3v) is 1.32. The van der Waals surface area contributed by atoms with E-state index in [0.29, 0.717) is 0 Å². The lowest BCUT2D eigenvalue weighted by atomic mass is 10.2. The SMILES string of the molecule is CN(NC(=O)CCl)C(=O)OC(C)(C)C. The summed E-state index contributed by atoms with van der Waals surface area (Å²) in [5.74, 6) is -0.660. The summed E-state index contributed by atoms with van der Waals surface area (Å²) in [6.45, 7) is 5.21. The molecule has 82 valence electrons. The van der Waals surface area contributed by atoms with Crippen molar-refractivity contribution in [3.63, 3.8) is 0 Å². The van der Waals surface area contributed by atoms with Crippen LogP contribution in [0.3, 0.4) is 0 Å². The molecule has 2 amide bonds. The topological polar surface area (TPSA) is 58.6 Å². The highest BCUT2D eigenvalue weighted by Gasteiger charge is 2.20. The Kier molecular flexibility index (Phi) is 4.70. The van der Waals surface area contributed by atoms with Crippen LogP contribution in [0.2, 0.25) is 0 Å². The van der Waals surface area contributed by atoms with Crippen LogP contribution in [-0.2, 0) is 9.53 Å². The van der Waals surface area contributed by atoms with Gasteiger partial charge in [0.25, 0.3) is 5.91 Å². The third kappa shape index (κ3) is 5.64. The largest absolute Gasteiger partial charge is 0.442 e. The van der Waals surface area contributed by atoms with Gasteiger partial charge in [0.1, 0.15) is 11.5 Å². The van der Waals surface area contributed by atoms with E-state index in [1.54, 1.807) is 20.8 Å². The Hall–Kier alpha value is -0.970. The number of rotatable bonds is 1. The molecule has 0 fully saturated rings. The number of carbonyl (C=O) groups is 2. The van der Waals surface area contributed by atoms with Crippen molar-refractivity contribution in [1.29, 1.82) is 0 Å². The number of nitrogens with one attached hydrogen (secondary N) is 1. The maximum Gasteiger partial charge on any atom is 0.428 e. The van der Waals surface area contributed by atoms with Crippen molar-refractivity contribution in [2.75, 3.05) is 12.9 Å². The van der Waals surface area contributed by atoms with Gasteiger partial charge in [-0.15, -0.1) is 11.6 Å². The van der Waals surface area contributed by atoms with Crippen molar-refractivity contribution in [2.24, 2.45) is 0 Å². The number of ether oxygens (including phenoxy) is 1. The van der Waals surface area contributed by atoms with Crippen molar-refractivity contribution < 1.29 is 14.3 Å². The molecule has 0 aromatic heterocycles. The van der Waals surface area contributed by atoms with E-state index in [0.717, 1.165) is 5.01 Å². The standard InChI is InChI=1S/C8H15ClN2O3/c1-8(2,3)14-7(13)11(4)10-6(12)5-9/h5H2,1-4H3,(H,10,12). The van der Waals surface area contributed by atoms with Gasteiger partial charge in [-0.25, -0.2) is 9.80 Å². The predicted octanol–water partition coefficient (Wildman–Crippen LogP) is 1.12. The fourth-order valence-corrected chi connectivity index (χ4v) is 0.653. The molecule has 14 heavy (non-hydrogen) atoms. The van der Waals surface area contributed by atoms with E-state index in [2.05, 4.69) is 5.43 Å². The number of carbonyl (C=O) groups excluding carboxylic acids is 2. The molecular formula is C8H15ClN2O3. The van der Waals surface area contributed by atoms with Crippen LogP contribution in [0.5, 0.6) is 0 Å². The summed E-state index contributed by atoms with van der Waals surface area (Å²) in [6.07, 6.45) is -0.629. The number of hydrogen-bond donors (Lipinski definition) is 1. The molecule has 0 radical (unpaired) electrons. The fourth-order valence-electron chi connectivity index (χ4n) is 0.593. The van der Waals surface area contributed by atoms with Crippen LogP contribution in [-0.4, -0.2) is 35.5 Å². The average Bonchev–Trinajstić information content (AvgIpc) is 2.00. The smallest absolute Gasteiger partial charge is 0.428 e. The zero-order chi connectivity index (χ0) is 11.4. The number of nitrogens with zero attached hydrogens (tertiary/aromatic N) is 1. The molecular weight excluding hydrogens is 208 g/mol. The van der Waals surface area contributed by atoms with Crippen LogP contribution in [0.1, 0.15) is 20.8 Å². The highest BCUT2D eigenvalue weighted by atomic mass is 35.5. The van der Waals surface area contributed by atoms with Crippen LogP contribution < -0.4 is 5.43 Å². The van der Waals surface area contributed by atoms with Crippen molar-refractivity contribution in [1.82, 2.24) is 10.4 Å². The van der Waals surface area contributed by atoms with Crippen molar-refractivity contribution in [2.45, 2.75) is 26.4 Å². The van der Waals surface area contributed by atoms with Crippen LogP contribution in [0, 0.1) is 0 Å². The Bertz CT molecular complexity index is 225. The lowest BCUT2D eigenvalue weighted by molar-refractivity contribution is -0.122. The number of amides is 2. The highest BCUT2D eigenvalue weighted by Crippen LogP contribution is 2.07. The molecule has 1 N–H and O–H groups in total. The van der Waals surface area contributed by atoms with Crippen molar-refractivity contribution in [3.05, 3.63) is 0 Å². The summed E-state index contributed by atoms with van der Waals surface area (Å²) in [6, 6.07) is 0. The minimum Gasteiger partial charge on any atom is -0.442 e. The second-order valence-corrected chi connectivity index (χ2v) is 3.98. The van der Waals surface area contributed by atoms with Gasteiger partial charge in [0.15, 0.2) is 0 Å². The third-order valence-electron chi connectivity index (χ3n) is 1.08. The maximum atomic E-state index is 11.3. The van der Waals surface area contributed by atoms with Crippen LogP contribution >= 0.6 is 11.6 Å². The number of hydrazine groups is 1. The molecule has 0 heterocycles. The van der Waals surface area contributed by atoms with E-state index in [9.17, 15) is 9.59 Å². The molecule has 6 heteroatoms. The van der Waals surface area contributed by atoms with E-state index in [4.69, 9.17) is 16.3 Å². The van der Waals surface area contributed by atoms with Gasteiger partial charge in [-0.1, -0.05) is 0 Å². The maximum absolute atomic E-state index is 11.3. The normalized spacial score (nSPS) is 10.6. The Morgan fingerprint density at radius 3 is 2.29 bits per heavy atom. The Morgan fingerprint density at radius 1 is 1.43 bits per heavy atom. The molecule has 0 saturated carbocycles. The first-order valence-corrected chi connectivity index (χ1v) is 4.62. The predicted molar refractivity (Wildman–Crippen MR) is 52.9 cm³/mol. The van der Waals surface area contributed by atoms with Crippen molar-refractivity contribution in [3.8, 4) is 0 Å². The van der Waals surface area contributed by atoms with Crippen LogP contribution in [0.25, 0.3) is 0 Å². The Balaban J connectivity index is 4.07. The zero-order valence-corrected chi connectivity index (χ0v) is 9.51. The summed E-state index contributed by atoms with van der Waals surface area (Å²) in [4.78, 5) is 22.1. The van der Waals surface area contributed by atoms with Gasteiger partial charge in [-0.3, -0.25) is 10.2 Å². The van der Waals surface area contributed by atoms with Crippen molar-refractivity contribution >= 4 is 23.6 Å². The average molecular weight is 223 g/mol. The number of hydrogen-bond acceptors (Lipinski definition) is 3. The van der Waals surface area contributed by atoms with E-state index >= 15 is 0 Å². The van der Waals surface area contributed by atoms with E-state index in [-0.39, 0.29) is 5.88 Å². The van der Waals surface area contributed by atoms with E-state index in [1.165, 1.54) is 7.05 Å². The molecule has 0 spiro atoms. The lowest BCUT2D eigenvalue weighted by Gasteiger charge is -2.24. The first kappa shape index (κ1) is 13.0.